The number of piperidine rings is 3. The van der Waals surface area contributed by atoms with Gasteiger partial charge in [-0.2, -0.15) is 9.40 Å². The maximum Gasteiger partial charge on any atom is 0.329 e. The summed E-state index contributed by atoms with van der Waals surface area (Å²) in [6.45, 7) is 5.47. The van der Waals surface area contributed by atoms with Gasteiger partial charge in [0.15, 0.2) is 5.82 Å². The van der Waals surface area contributed by atoms with E-state index >= 15 is 0 Å². The third-order valence-corrected chi connectivity index (χ3v) is 13.7. The highest BCUT2D eigenvalue weighted by molar-refractivity contribution is 7.89. The van der Waals surface area contributed by atoms with Crippen LogP contribution in [0.3, 0.4) is 0 Å². The molecule has 0 aliphatic carbocycles. The van der Waals surface area contributed by atoms with Crippen molar-refractivity contribution in [3.63, 3.8) is 0 Å². The van der Waals surface area contributed by atoms with Crippen molar-refractivity contribution in [1.82, 2.24) is 34.3 Å². The molecular formula is C38H46ClFN10O4S. The lowest BCUT2D eigenvalue weighted by Crippen LogP contribution is -2.49. The minimum atomic E-state index is -3.87. The average molecular weight is 793 g/mol. The summed E-state index contributed by atoms with van der Waals surface area (Å²) in [5.74, 6) is 1.16. The molecule has 8 rings (SSSR count). The lowest BCUT2D eigenvalue weighted by molar-refractivity contribution is -0.120. The number of amides is 3. The van der Waals surface area contributed by atoms with Gasteiger partial charge >= 0.3 is 6.03 Å². The van der Waals surface area contributed by atoms with Crippen molar-refractivity contribution in [3.8, 4) is 0 Å². The van der Waals surface area contributed by atoms with E-state index in [1.54, 1.807) is 6.07 Å². The first-order chi connectivity index (χ1) is 26.5. The van der Waals surface area contributed by atoms with Crippen LogP contribution in [0.1, 0.15) is 56.4 Å². The summed E-state index contributed by atoms with van der Waals surface area (Å²) in [5, 5.41) is 11.6. The number of anilines is 3. The van der Waals surface area contributed by atoms with Crippen molar-refractivity contribution >= 4 is 61.9 Å². The minimum Gasteiger partial charge on any atom is -0.371 e. The second-order valence-corrected chi connectivity index (χ2v) is 17.6. The number of imide groups is 1. The van der Waals surface area contributed by atoms with Crippen LogP contribution in [0.2, 0.25) is 5.02 Å². The fraction of sp³-hybridized carbons (Fsp3) is 0.500. The van der Waals surface area contributed by atoms with Crippen LogP contribution in [0.25, 0.3) is 10.9 Å². The van der Waals surface area contributed by atoms with Crippen LogP contribution in [0, 0.1) is 11.7 Å². The van der Waals surface area contributed by atoms with Gasteiger partial charge in [0, 0.05) is 69.9 Å². The summed E-state index contributed by atoms with van der Waals surface area (Å²) in [6, 6.07) is 10.2. The van der Waals surface area contributed by atoms with Crippen LogP contribution in [-0.2, 0) is 21.9 Å². The van der Waals surface area contributed by atoms with Crippen LogP contribution >= 0.6 is 11.6 Å². The summed E-state index contributed by atoms with van der Waals surface area (Å²) < 4.78 is 45.6. The van der Waals surface area contributed by atoms with E-state index in [4.69, 9.17) is 11.6 Å². The zero-order valence-corrected chi connectivity index (χ0v) is 32.4. The van der Waals surface area contributed by atoms with Crippen molar-refractivity contribution in [1.29, 1.82) is 0 Å². The molecular weight excluding hydrogens is 747 g/mol. The highest BCUT2D eigenvalue weighted by atomic mass is 35.5. The number of aromatic nitrogens is 4. The summed E-state index contributed by atoms with van der Waals surface area (Å²) in [7, 11) is -1.99. The van der Waals surface area contributed by atoms with Crippen molar-refractivity contribution in [2.24, 2.45) is 13.0 Å². The third-order valence-electron chi connectivity index (χ3n) is 11.6. The SMILES string of the molecule is Cn1nc(N2CCC(=O)NC2=O)c2ccc(C3CCN(CC4CCN(c5cc(F)cc(S(=O)(=O)N6CCC(Nc7ncc(Cl)cn7)CC6)c5)CC4)CC3)cc21. The smallest absolute Gasteiger partial charge is 0.329 e. The normalized spacial score (nSPS) is 20.3. The number of rotatable bonds is 9. The highest BCUT2D eigenvalue weighted by Crippen LogP contribution is 2.35. The number of aryl methyl sites for hydroxylation is 1. The minimum absolute atomic E-state index is 0.00462. The molecule has 17 heteroatoms. The number of carbonyl (C=O) groups is 2. The number of hydrogen-bond donors (Lipinski definition) is 2. The Hall–Kier alpha value is -4.38. The van der Waals surface area contributed by atoms with E-state index in [0.717, 1.165) is 75.4 Å². The Morgan fingerprint density at radius 3 is 2.35 bits per heavy atom. The molecule has 14 nitrogen and oxygen atoms in total. The van der Waals surface area contributed by atoms with Gasteiger partial charge in [-0.05, 0) is 99.3 Å². The number of nitrogens with one attached hydrogen (secondary N) is 2. The zero-order chi connectivity index (χ0) is 38.3. The van der Waals surface area contributed by atoms with Gasteiger partial charge in [0.05, 0.1) is 27.8 Å². The molecule has 4 aromatic rings. The standard InChI is InChI=1S/C38H46ClFN10O4S/c1-46-34-18-27(2-3-33(34)36(45-46)50-17-10-35(51)44-38(50)52)26-6-11-47(12-7-26)24-25-4-13-48(14-5-25)31-19-29(40)20-32(21-31)55(53,54)49-15-8-30(9-16-49)43-37-41-22-28(39)23-42-37/h2-3,18-23,25-26,30H,4-17,24H2,1H3,(H,41,42,43)(H,44,51,52). The van der Waals surface area contributed by atoms with Crippen LogP contribution < -0.4 is 20.4 Å². The molecule has 0 bridgehead atoms. The van der Waals surface area contributed by atoms with E-state index < -0.39 is 21.9 Å². The van der Waals surface area contributed by atoms with Gasteiger partial charge in [-0.3, -0.25) is 19.7 Å². The van der Waals surface area contributed by atoms with Crippen LogP contribution in [0.4, 0.5) is 26.6 Å². The van der Waals surface area contributed by atoms with E-state index in [1.165, 1.54) is 33.2 Å². The molecule has 4 aliphatic rings. The molecule has 4 fully saturated rings. The molecule has 3 amide bonds. The molecule has 4 saturated heterocycles. The maximum atomic E-state index is 15.0. The van der Waals surface area contributed by atoms with Crippen molar-refractivity contribution in [2.45, 2.75) is 61.8 Å². The first kappa shape index (κ1) is 37.5. The molecule has 0 atom stereocenters. The fourth-order valence-electron chi connectivity index (χ4n) is 8.50. The average Bonchev–Trinajstić information content (AvgIpc) is 3.51. The number of benzene rings is 2. The second-order valence-electron chi connectivity index (χ2n) is 15.2. The molecule has 0 saturated carbocycles. The van der Waals surface area contributed by atoms with Gasteiger partial charge in [-0.15, -0.1) is 0 Å². The van der Waals surface area contributed by atoms with Crippen LogP contribution in [0.5, 0.6) is 0 Å². The molecule has 0 spiro atoms. The van der Waals surface area contributed by atoms with Gasteiger partial charge in [-0.1, -0.05) is 17.7 Å². The molecule has 2 aromatic carbocycles. The van der Waals surface area contributed by atoms with Gasteiger partial charge < -0.3 is 15.1 Å². The van der Waals surface area contributed by atoms with E-state index in [-0.39, 0.29) is 23.3 Å². The molecule has 55 heavy (non-hydrogen) atoms. The van der Waals surface area contributed by atoms with Crippen molar-refractivity contribution < 1.29 is 22.4 Å². The molecule has 0 radical (unpaired) electrons. The Bertz CT molecular complexity index is 2160. The number of nitrogens with zero attached hydrogens (tertiary/aromatic N) is 8. The summed E-state index contributed by atoms with van der Waals surface area (Å²) in [6.07, 6.45) is 8.46. The largest absolute Gasteiger partial charge is 0.371 e. The second kappa shape index (κ2) is 15.6. The molecule has 0 unspecified atom stereocenters. The summed E-state index contributed by atoms with van der Waals surface area (Å²) in [5.41, 5.74) is 2.85. The fourth-order valence-corrected chi connectivity index (χ4v) is 10.1. The Kier molecular flexibility index (Phi) is 10.7. The predicted octanol–water partition coefficient (Wildman–Crippen LogP) is 4.96. The number of fused-ring (bicyclic) bond motifs is 1. The predicted molar refractivity (Wildman–Crippen MR) is 208 cm³/mol. The highest BCUT2D eigenvalue weighted by Gasteiger charge is 2.32. The molecule has 6 heterocycles. The van der Waals surface area contributed by atoms with Gasteiger partial charge in [0.1, 0.15) is 5.82 Å². The number of halogens is 2. The van der Waals surface area contributed by atoms with Crippen LogP contribution in [0.15, 0.2) is 53.7 Å². The first-order valence-corrected chi connectivity index (χ1v) is 20.9. The zero-order valence-electron chi connectivity index (χ0n) is 30.8. The molecule has 2 aromatic heterocycles. The van der Waals surface area contributed by atoms with Gasteiger partial charge in [-0.25, -0.2) is 27.6 Å². The van der Waals surface area contributed by atoms with Crippen LogP contribution in [-0.4, -0.2) is 108 Å². The maximum absolute atomic E-state index is 15.0. The number of sulfonamides is 1. The summed E-state index contributed by atoms with van der Waals surface area (Å²) >= 11 is 5.88. The Labute approximate surface area is 325 Å². The number of likely N-dealkylation sites (tertiary alicyclic amines) is 1. The van der Waals surface area contributed by atoms with Crippen molar-refractivity contribution in [3.05, 3.63) is 65.2 Å². The van der Waals surface area contributed by atoms with Gasteiger partial charge in [0.2, 0.25) is 21.9 Å². The topological polar surface area (TPSA) is 149 Å². The number of urea groups is 1. The quantitative estimate of drug-likeness (QED) is 0.238. The summed E-state index contributed by atoms with van der Waals surface area (Å²) in [4.78, 5) is 38.7. The number of carbonyl (C=O) groups excluding carboxylic acids is 2. The van der Waals surface area contributed by atoms with E-state index in [1.807, 2.05) is 11.7 Å². The lowest BCUT2D eigenvalue weighted by atomic mass is 9.88. The number of hydrogen-bond acceptors (Lipinski definition) is 10. The Morgan fingerprint density at radius 2 is 1.64 bits per heavy atom. The Balaban J connectivity index is 0.822. The van der Waals surface area contributed by atoms with E-state index in [0.29, 0.717) is 66.8 Å². The monoisotopic (exact) mass is 792 g/mol. The molecule has 292 valence electrons. The van der Waals surface area contributed by atoms with Crippen molar-refractivity contribution in [2.75, 3.05) is 67.5 Å². The van der Waals surface area contributed by atoms with E-state index in [2.05, 4.69) is 53.7 Å². The molecule has 4 aliphatic heterocycles. The Morgan fingerprint density at radius 1 is 0.909 bits per heavy atom. The first-order valence-electron chi connectivity index (χ1n) is 19.1. The van der Waals surface area contributed by atoms with E-state index in [9.17, 15) is 22.4 Å². The third kappa shape index (κ3) is 8.13. The lowest BCUT2D eigenvalue weighted by Gasteiger charge is -2.38. The molecule has 2 N–H and O–H groups in total. The van der Waals surface area contributed by atoms with Gasteiger partial charge in [0.25, 0.3) is 0 Å².